The lowest BCUT2D eigenvalue weighted by Gasteiger charge is -2.26. The largest absolute Gasteiger partial charge is 0.376 e. The van der Waals surface area contributed by atoms with Crippen molar-refractivity contribution in [3.05, 3.63) is 24.5 Å². The fourth-order valence-corrected chi connectivity index (χ4v) is 5.20. The average Bonchev–Trinajstić information content (AvgIpc) is 3.52. The van der Waals surface area contributed by atoms with E-state index in [4.69, 9.17) is 9.47 Å². The van der Waals surface area contributed by atoms with E-state index in [2.05, 4.69) is 4.98 Å². The number of likely N-dealkylation sites (tertiary alicyclic amines) is 1. The lowest BCUT2D eigenvalue weighted by atomic mass is 9.81. The number of nitrogens with zero attached hydrogens (tertiary/aromatic N) is 3. The second-order valence-corrected chi connectivity index (χ2v) is 8.26. The molecule has 4 fully saturated rings. The molecule has 4 saturated heterocycles. The second kappa shape index (κ2) is 7.50. The molecule has 0 N–H and O–H groups in total. The standard InChI is InChI=1S/C21H25N3O5/c25-17(24(12-14-2-1-11-28-14)13-5-8-22-9-6-13)7-10-23-20(26)18-15-3-4-16(29-15)19(18)21(23)27/h5-6,8-9,14-16,18-19H,1-4,7,10-12H2. The Bertz CT molecular complexity index is 782. The van der Waals surface area contributed by atoms with Crippen molar-refractivity contribution in [3.8, 4) is 0 Å². The third kappa shape index (κ3) is 3.24. The van der Waals surface area contributed by atoms with Crippen molar-refractivity contribution in [1.29, 1.82) is 0 Å². The molecule has 0 aromatic carbocycles. The van der Waals surface area contributed by atoms with Gasteiger partial charge in [0.2, 0.25) is 17.7 Å². The van der Waals surface area contributed by atoms with Gasteiger partial charge >= 0.3 is 0 Å². The molecular formula is C21H25N3O5. The van der Waals surface area contributed by atoms with Crippen molar-refractivity contribution in [2.75, 3.05) is 24.6 Å². The minimum Gasteiger partial charge on any atom is -0.376 e. The zero-order chi connectivity index (χ0) is 20.0. The summed E-state index contributed by atoms with van der Waals surface area (Å²) in [7, 11) is 0. The Morgan fingerprint density at radius 1 is 1.10 bits per heavy atom. The van der Waals surface area contributed by atoms with Gasteiger partial charge in [-0.2, -0.15) is 0 Å². The summed E-state index contributed by atoms with van der Waals surface area (Å²) in [4.78, 5) is 45.6. The topological polar surface area (TPSA) is 89.0 Å². The number of rotatable bonds is 6. The predicted octanol–water partition coefficient (Wildman–Crippen LogP) is 1.15. The van der Waals surface area contributed by atoms with Gasteiger partial charge in [-0.05, 0) is 37.8 Å². The van der Waals surface area contributed by atoms with Crippen LogP contribution in [0.1, 0.15) is 32.1 Å². The van der Waals surface area contributed by atoms with Gasteiger partial charge in [0.25, 0.3) is 0 Å². The Morgan fingerprint density at radius 2 is 1.79 bits per heavy atom. The maximum absolute atomic E-state index is 13.1. The number of amides is 3. The number of carbonyl (C=O) groups excluding carboxylic acids is 3. The van der Waals surface area contributed by atoms with Crippen LogP contribution in [0.15, 0.2) is 24.5 Å². The van der Waals surface area contributed by atoms with Gasteiger partial charge in [0.15, 0.2) is 0 Å². The van der Waals surface area contributed by atoms with Gasteiger partial charge < -0.3 is 14.4 Å². The van der Waals surface area contributed by atoms with Gasteiger partial charge in [-0.3, -0.25) is 24.3 Å². The molecule has 4 aliphatic heterocycles. The van der Waals surface area contributed by atoms with E-state index in [-0.39, 0.29) is 60.8 Å². The zero-order valence-electron chi connectivity index (χ0n) is 16.2. The molecule has 2 bridgehead atoms. The van der Waals surface area contributed by atoms with E-state index >= 15 is 0 Å². The molecule has 1 aromatic rings. The Hall–Kier alpha value is -2.32. The smallest absolute Gasteiger partial charge is 0.235 e. The summed E-state index contributed by atoms with van der Waals surface area (Å²) >= 11 is 0. The zero-order valence-corrected chi connectivity index (χ0v) is 16.2. The molecule has 5 unspecified atom stereocenters. The first kappa shape index (κ1) is 18.7. The minimum absolute atomic E-state index is 0.00861. The van der Waals surface area contributed by atoms with Crippen LogP contribution in [0.2, 0.25) is 0 Å². The number of fused-ring (bicyclic) bond motifs is 5. The Morgan fingerprint density at radius 3 is 2.41 bits per heavy atom. The maximum Gasteiger partial charge on any atom is 0.235 e. The Kier molecular flexibility index (Phi) is 4.83. The quantitative estimate of drug-likeness (QED) is 0.667. The molecule has 29 heavy (non-hydrogen) atoms. The first-order valence-corrected chi connectivity index (χ1v) is 10.5. The highest BCUT2D eigenvalue weighted by molar-refractivity contribution is 6.06. The van der Waals surface area contributed by atoms with Crippen molar-refractivity contribution in [2.45, 2.75) is 50.4 Å². The van der Waals surface area contributed by atoms with E-state index in [0.717, 1.165) is 31.4 Å². The van der Waals surface area contributed by atoms with Gasteiger partial charge in [-0.25, -0.2) is 0 Å². The summed E-state index contributed by atoms with van der Waals surface area (Å²) in [6, 6.07) is 3.58. The molecule has 8 nitrogen and oxygen atoms in total. The van der Waals surface area contributed by atoms with E-state index < -0.39 is 0 Å². The fraction of sp³-hybridized carbons (Fsp3) is 0.619. The Balaban J connectivity index is 1.27. The molecule has 1 aromatic heterocycles. The number of hydrogen-bond acceptors (Lipinski definition) is 6. The Labute approximate surface area is 169 Å². The monoisotopic (exact) mass is 399 g/mol. The van der Waals surface area contributed by atoms with Gasteiger partial charge in [0, 0.05) is 37.7 Å². The molecule has 5 rings (SSSR count). The van der Waals surface area contributed by atoms with Crippen molar-refractivity contribution in [3.63, 3.8) is 0 Å². The number of imide groups is 1. The summed E-state index contributed by atoms with van der Waals surface area (Å²) in [5, 5.41) is 0. The van der Waals surface area contributed by atoms with Crippen LogP contribution >= 0.6 is 0 Å². The third-order valence-corrected chi connectivity index (χ3v) is 6.61. The second-order valence-electron chi connectivity index (χ2n) is 8.26. The lowest BCUT2D eigenvalue weighted by molar-refractivity contribution is -0.142. The van der Waals surface area contributed by atoms with Gasteiger partial charge in [-0.1, -0.05) is 0 Å². The predicted molar refractivity (Wildman–Crippen MR) is 102 cm³/mol. The molecule has 0 radical (unpaired) electrons. The van der Waals surface area contributed by atoms with E-state index in [1.54, 1.807) is 29.4 Å². The molecule has 4 aliphatic rings. The molecular weight excluding hydrogens is 374 g/mol. The van der Waals surface area contributed by atoms with E-state index in [0.29, 0.717) is 13.2 Å². The van der Waals surface area contributed by atoms with Crippen molar-refractivity contribution < 1.29 is 23.9 Å². The SMILES string of the molecule is O=C1C2C3CCC(O3)C2C(=O)N1CCC(=O)N(CC1CCCO1)c1ccncc1. The highest BCUT2D eigenvalue weighted by Gasteiger charge is 2.62. The van der Waals surface area contributed by atoms with Gasteiger partial charge in [0.1, 0.15) is 0 Å². The van der Waals surface area contributed by atoms with Crippen molar-refractivity contribution in [2.24, 2.45) is 11.8 Å². The van der Waals surface area contributed by atoms with Crippen LogP contribution in [0.25, 0.3) is 0 Å². The number of carbonyl (C=O) groups is 3. The molecule has 0 spiro atoms. The van der Waals surface area contributed by atoms with E-state index in [9.17, 15) is 14.4 Å². The first-order chi connectivity index (χ1) is 14.1. The summed E-state index contributed by atoms with van der Waals surface area (Å²) in [6.45, 7) is 1.30. The number of anilines is 1. The summed E-state index contributed by atoms with van der Waals surface area (Å²) < 4.78 is 11.5. The number of pyridine rings is 1. The van der Waals surface area contributed by atoms with Crippen LogP contribution in [-0.2, 0) is 23.9 Å². The van der Waals surface area contributed by atoms with Crippen LogP contribution in [0.5, 0.6) is 0 Å². The summed E-state index contributed by atoms with van der Waals surface area (Å²) in [5.74, 6) is -1.16. The number of ether oxygens (including phenoxy) is 2. The van der Waals surface area contributed by atoms with Crippen molar-refractivity contribution >= 4 is 23.4 Å². The lowest BCUT2D eigenvalue weighted by Crippen LogP contribution is -2.41. The van der Waals surface area contributed by atoms with Gasteiger partial charge in [-0.15, -0.1) is 0 Å². The van der Waals surface area contributed by atoms with Crippen LogP contribution in [0, 0.1) is 11.8 Å². The van der Waals surface area contributed by atoms with Crippen molar-refractivity contribution in [1.82, 2.24) is 9.88 Å². The first-order valence-electron chi connectivity index (χ1n) is 10.5. The van der Waals surface area contributed by atoms with Crippen LogP contribution < -0.4 is 4.90 Å². The normalized spacial score (nSPS) is 32.8. The molecule has 0 saturated carbocycles. The molecule has 3 amide bonds. The number of aromatic nitrogens is 1. The minimum atomic E-state index is -0.348. The highest BCUT2D eigenvalue weighted by Crippen LogP contribution is 2.48. The number of hydrogen-bond donors (Lipinski definition) is 0. The van der Waals surface area contributed by atoms with E-state index in [1.807, 2.05) is 0 Å². The fourth-order valence-electron chi connectivity index (χ4n) is 5.20. The maximum atomic E-state index is 13.1. The molecule has 154 valence electrons. The average molecular weight is 399 g/mol. The van der Waals surface area contributed by atoms with Gasteiger partial charge in [0.05, 0.1) is 36.7 Å². The molecule has 0 aliphatic carbocycles. The van der Waals surface area contributed by atoms with Crippen LogP contribution in [0.4, 0.5) is 5.69 Å². The molecule has 5 atom stereocenters. The van der Waals surface area contributed by atoms with Crippen LogP contribution in [-0.4, -0.2) is 65.6 Å². The highest BCUT2D eigenvalue weighted by atomic mass is 16.5. The van der Waals surface area contributed by atoms with Crippen LogP contribution in [0.3, 0.4) is 0 Å². The molecule has 5 heterocycles. The third-order valence-electron chi connectivity index (χ3n) is 6.61. The molecule has 8 heteroatoms. The van der Waals surface area contributed by atoms with E-state index in [1.165, 1.54) is 4.90 Å². The summed E-state index contributed by atoms with van der Waals surface area (Å²) in [5.41, 5.74) is 0.753. The summed E-state index contributed by atoms with van der Waals surface area (Å²) in [6.07, 6.45) is 6.74.